The van der Waals surface area contributed by atoms with E-state index in [1.165, 1.54) is 5.56 Å². The maximum absolute atomic E-state index is 12.2. The Morgan fingerprint density at radius 3 is 2.40 bits per heavy atom. The van der Waals surface area contributed by atoms with Gasteiger partial charge in [0.05, 0.1) is 5.69 Å². The number of nitrogens with zero attached hydrogens (tertiary/aromatic N) is 1. The van der Waals surface area contributed by atoms with Gasteiger partial charge >= 0.3 is 0 Å². The number of benzene rings is 2. The molecule has 1 aliphatic heterocycles. The van der Waals surface area contributed by atoms with E-state index in [-0.39, 0.29) is 17.0 Å². The number of Topliss-reactive ketones (excluding diaryl/α,β-unsaturated/α-hetero) is 1. The van der Waals surface area contributed by atoms with Gasteiger partial charge in [-0.1, -0.05) is 45.0 Å². The van der Waals surface area contributed by atoms with E-state index in [0.29, 0.717) is 10.7 Å². The molecule has 3 N–H and O–H groups in total. The second-order valence-electron chi connectivity index (χ2n) is 6.85. The van der Waals surface area contributed by atoms with Gasteiger partial charge in [0.2, 0.25) is 5.78 Å². The van der Waals surface area contributed by atoms with E-state index in [2.05, 4.69) is 54.1 Å². The number of nitrogens with one attached hydrogen (secondary N) is 3. The number of ketones is 1. The number of hydrogen-bond donors (Lipinski definition) is 3. The Bertz CT molecular complexity index is 850. The molecule has 3 rings (SSSR count). The molecule has 128 valence electrons. The fourth-order valence-electron chi connectivity index (χ4n) is 2.50. The number of carbonyl (C=O) groups excluding carboxylic acids is 1. The highest BCUT2D eigenvalue weighted by Crippen LogP contribution is 2.24. The summed E-state index contributed by atoms with van der Waals surface area (Å²) in [5.74, 6) is 0.0776. The lowest BCUT2D eigenvalue weighted by Gasteiger charge is -2.19. The highest BCUT2D eigenvalue weighted by atomic mass is 32.1. The third-order valence-corrected chi connectivity index (χ3v) is 4.11. The topological polar surface area (TPSA) is 65.5 Å². The smallest absolute Gasteiger partial charge is 0.232 e. The van der Waals surface area contributed by atoms with E-state index in [1.54, 1.807) is 6.07 Å². The van der Waals surface area contributed by atoms with Crippen molar-refractivity contribution in [3.05, 3.63) is 59.7 Å². The summed E-state index contributed by atoms with van der Waals surface area (Å²) in [5.41, 5.74) is 6.28. The lowest BCUT2D eigenvalue weighted by molar-refractivity contribution is 0.106. The second kappa shape index (κ2) is 6.64. The van der Waals surface area contributed by atoms with Crippen LogP contribution >= 0.6 is 12.2 Å². The molecule has 1 heterocycles. The molecule has 5 nitrogen and oxygen atoms in total. The zero-order chi connectivity index (χ0) is 18.0. The predicted molar refractivity (Wildman–Crippen MR) is 106 cm³/mol. The van der Waals surface area contributed by atoms with Crippen molar-refractivity contribution in [3.8, 4) is 0 Å². The molecule has 0 spiro atoms. The number of fused-ring (bicyclic) bond motifs is 1. The second-order valence-corrected chi connectivity index (χ2v) is 7.26. The molecule has 0 saturated heterocycles. The molecular weight excluding hydrogens is 332 g/mol. The number of anilines is 2. The number of hydrogen-bond acceptors (Lipinski definition) is 3. The number of hydrazone groups is 1. The zero-order valence-corrected chi connectivity index (χ0v) is 15.2. The van der Waals surface area contributed by atoms with Crippen LogP contribution in [0.3, 0.4) is 0 Å². The third kappa shape index (κ3) is 3.85. The Hall–Kier alpha value is -2.73. The van der Waals surface area contributed by atoms with Crippen molar-refractivity contribution in [3.63, 3.8) is 0 Å². The molecule has 0 aliphatic carbocycles. The van der Waals surface area contributed by atoms with Crippen LogP contribution in [-0.4, -0.2) is 16.7 Å². The number of para-hydroxylation sites is 1. The van der Waals surface area contributed by atoms with Gasteiger partial charge in [0.1, 0.15) is 0 Å². The molecule has 25 heavy (non-hydrogen) atoms. The summed E-state index contributed by atoms with van der Waals surface area (Å²) in [4.78, 5) is 12.2. The maximum atomic E-state index is 12.2. The normalized spacial score (nSPS) is 14.8. The molecule has 0 saturated carbocycles. The van der Waals surface area contributed by atoms with Crippen molar-refractivity contribution >= 4 is 40.3 Å². The summed E-state index contributed by atoms with van der Waals surface area (Å²) in [6.45, 7) is 6.50. The van der Waals surface area contributed by atoms with Crippen LogP contribution in [0, 0.1) is 0 Å². The summed E-state index contributed by atoms with van der Waals surface area (Å²) in [6.07, 6.45) is 0. The van der Waals surface area contributed by atoms with E-state index in [0.717, 1.165) is 11.4 Å². The number of carbonyl (C=O) groups is 1. The number of thiocarbonyl (C=S) groups is 1. The van der Waals surface area contributed by atoms with Gasteiger partial charge in [-0.25, -0.2) is 0 Å². The molecule has 0 amide bonds. The molecule has 0 atom stereocenters. The van der Waals surface area contributed by atoms with Crippen LogP contribution in [0.1, 0.15) is 36.7 Å². The minimum absolute atomic E-state index is 0.104. The van der Waals surface area contributed by atoms with Gasteiger partial charge in [0.25, 0.3) is 0 Å². The quantitative estimate of drug-likeness (QED) is 0.565. The van der Waals surface area contributed by atoms with E-state index >= 15 is 0 Å². The number of rotatable bonds is 2. The maximum Gasteiger partial charge on any atom is 0.232 e. The van der Waals surface area contributed by atoms with Crippen LogP contribution in [0.4, 0.5) is 11.4 Å². The highest BCUT2D eigenvalue weighted by Gasteiger charge is 2.25. The van der Waals surface area contributed by atoms with Gasteiger partial charge < -0.3 is 10.6 Å². The average Bonchev–Trinajstić information content (AvgIpc) is 2.89. The van der Waals surface area contributed by atoms with Crippen molar-refractivity contribution in [2.24, 2.45) is 5.10 Å². The fourth-order valence-corrected chi connectivity index (χ4v) is 2.66. The van der Waals surface area contributed by atoms with Crippen LogP contribution in [0.15, 0.2) is 53.6 Å². The highest BCUT2D eigenvalue weighted by molar-refractivity contribution is 7.80. The lowest BCUT2D eigenvalue weighted by Crippen LogP contribution is -2.28. The van der Waals surface area contributed by atoms with E-state index < -0.39 is 0 Å². The summed E-state index contributed by atoms with van der Waals surface area (Å²) in [6, 6.07) is 15.4. The molecule has 0 radical (unpaired) electrons. The SMILES string of the molecule is CC(C)(C)c1ccc(NC(=S)NN=C2Nc3ccccc3C2=O)cc1. The number of amidine groups is 1. The minimum Gasteiger partial charge on any atom is -0.335 e. The predicted octanol–water partition coefficient (Wildman–Crippen LogP) is 3.89. The van der Waals surface area contributed by atoms with Crippen LogP contribution in [0.2, 0.25) is 0 Å². The molecule has 1 aliphatic rings. The standard InChI is InChI=1S/C19H20N4OS/c1-19(2,3)12-8-10-13(11-9-12)20-18(25)23-22-17-16(24)14-6-4-5-7-15(14)21-17/h4-11H,1-3H3,(H2,20,23,25)(H,21,22,24). The van der Waals surface area contributed by atoms with Crippen molar-refractivity contribution in [1.82, 2.24) is 5.43 Å². The first-order valence-electron chi connectivity index (χ1n) is 8.00. The molecule has 0 bridgehead atoms. The fraction of sp³-hybridized carbons (Fsp3) is 0.211. The monoisotopic (exact) mass is 352 g/mol. The largest absolute Gasteiger partial charge is 0.335 e. The average molecular weight is 352 g/mol. The molecule has 0 fully saturated rings. The van der Waals surface area contributed by atoms with Crippen LogP contribution in [0.25, 0.3) is 0 Å². The Balaban J connectivity index is 1.61. The van der Waals surface area contributed by atoms with Crippen molar-refractivity contribution < 1.29 is 4.79 Å². The van der Waals surface area contributed by atoms with Crippen molar-refractivity contribution in [2.45, 2.75) is 26.2 Å². The Kier molecular flexibility index (Phi) is 4.55. The van der Waals surface area contributed by atoms with Crippen LogP contribution in [-0.2, 0) is 5.41 Å². The molecule has 0 unspecified atom stereocenters. The van der Waals surface area contributed by atoms with E-state index in [1.807, 2.05) is 30.3 Å². The van der Waals surface area contributed by atoms with Gasteiger partial charge in [-0.2, -0.15) is 5.10 Å². The molecule has 6 heteroatoms. The molecule has 0 aromatic heterocycles. The van der Waals surface area contributed by atoms with Crippen molar-refractivity contribution in [2.75, 3.05) is 10.6 Å². The molecule has 2 aromatic rings. The Labute approximate surface area is 152 Å². The lowest BCUT2D eigenvalue weighted by atomic mass is 9.87. The summed E-state index contributed by atoms with van der Waals surface area (Å²) in [5, 5.41) is 10.4. The summed E-state index contributed by atoms with van der Waals surface area (Å²) in [7, 11) is 0. The van der Waals surface area contributed by atoms with Gasteiger partial charge in [0.15, 0.2) is 10.9 Å². The van der Waals surface area contributed by atoms with Gasteiger partial charge in [-0.05, 0) is 47.5 Å². The van der Waals surface area contributed by atoms with Gasteiger partial charge in [-0.15, -0.1) is 0 Å². The van der Waals surface area contributed by atoms with Crippen LogP contribution in [0.5, 0.6) is 0 Å². The van der Waals surface area contributed by atoms with Crippen molar-refractivity contribution in [1.29, 1.82) is 0 Å². The first kappa shape index (κ1) is 17.1. The molecular formula is C19H20N4OS. The Morgan fingerprint density at radius 2 is 1.76 bits per heavy atom. The molecule has 2 aromatic carbocycles. The first-order valence-corrected chi connectivity index (χ1v) is 8.41. The van der Waals surface area contributed by atoms with E-state index in [9.17, 15) is 4.79 Å². The zero-order valence-electron chi connectivity index (χ0n) is 14.4. The first-order chi connectivity index (χ1) is 11.8. The van der Waals surface area contributed by atoms with E-state index in [4.69, 9.17) is 12.2 Å². The summed E-state index contributed by atoms with van der Waals surface area (Å²) >= 11 is 5.23. The van der Waals surface area contributed by atoms with Gasteiger partial charge in [0, 0.05) is 11.3 Å². The summed E-state index contributed by atoms with van der Waals surface area (Å²) < 4.78 is 0. The third-order valence-electron chi connectivity index (χ3n) is 3.92. The Morgan fingerprint density at radius 1 is 1.08 bits per heavy atom. The minimum atomic E-state index is -0.152. The van der Waals surface area contributed by atoms with Gasteiger partial charge in [-0.3, -0.25) is 10.2 Å². The van der Waals surface area contributed by atoms with Crippen LogP contribution < -0.4 is 16.1 Å².